The van der Waals surface area contributed by atoms with Crippen LogP contribution in [0.1, 0.15) is 328 Å². The first-order chi connectivity index (χ1) is 30.2. The fourth-order valence-electron chi connectivity index (χ4n) is 9.18. The van der Waals surface area contributed by atoms with E-state index in [-0.39, 0.29) is 12.5 Å². The maximum atomic E-state index is 12.5. The van der Waals surface area contributed by atoms with Crippen LogP contribution in [-0.2, 0) is 4.79 Å². The summed E-state index contributed by atoms with van der Waals surface area (Å²) in [5.74, 6) is -0.0248. The summed E-state index contributed by atoms with van der Waals surface area (Å²) in [6, 6.07) is -0.534. The highest BCUT2D eigenvalue weighted by Crippen LogP contribution is 2.18. The monoisotopic (exact) mass is 860 g/mol. The van der Waals surface area contributed by atoms with Crippen LogP contribution in [0.5, 0.6) is 0 Å². The lowest BCUT2D eigenvalue weighted by molar-refractivity contribution is -0.123. The first kappa shape index (κ1) is 60.1. The van der Waals surface area contributed by atoms with Gasteiger partial charge in [-0.3, -0.25) is 4.79 Å². The molecule has 0 rings (SSSR count). The Bertz CT molecular complexity index is 844. The highest BCUT2D eigenvalue weighted by atomic mass is 16.3. The van der Waals surface area contributed by atoms with Gasteiger partial charge in [0.1, 0.15) is 0 Å². The highest BCUT2D eigenvalue weighted by molar-refractivity contribution is 5.76. The molecule has 0 radical (unpaired) electrons. The maximum absolute atomic E-state index is 12.5. The van der Waals surface area contributed by atoms with E-state index in [1.54, 1.807) is 0 Å². The number of aliphatic hydroxyl groups is 2. The second-order valence-electron chi connectivity index (χ2n) is 19.7. The van der Waals surface area contributed by atoms with Crippen molar-refractivity contribution in [3.05, 3.63) is 12.2 Å². The summed E-state index contributed by atoms with van der Waals surface area (Å²) in [6.07, 6.45) is 69.1. The van der Waals surface area contributed by atoms with Crippen LogP contribution in [0.4, 0.5) is 0 Å². The summed E-state index contributed by atoms with van der Waals surface area (Å²) in [4.78, 5) is 12.5. The van der Waals surface area contributed by atoms with Gasteiger partial charge in [0, 0.05) is 6.42 Å². The van der Waals surface area contributed by atoms with Gasteiger partial charge < -0.3 is 15.5 Å². The molecule has 0 saturated heterocycles. The topological polar surface area (TPSA) is 69.6 Å². The number of carbonyl (C=O) groups is 1. The van der Waals surface area contributed by atoms with Gasteiger partial charge in [-0.1, -0.05) is 296 Å². The smallest absolute Gasteiger partial charge is 0.220 e. The number of aliphatic hydroxyl groups excluding tert-OH is 2. The molecule has 0 aliphatic carbocycles. The van der Waals surface area contributed by atoms with Gasteiger partial charge in [0.05, 0.1) is 18.8 Å². The van der Waals surface area contributed by atoms with Crippen LogP contribution in [-0.4, -0.2) is 34.9 Å². The normalized spacial score (nSPS) is 12.8. The molecule has 4 heteroatoms. The Morgan fingerprint density at radius 2 is 0.623 bits per heavy atom. The van der Waals surface area contributed by atoms with Crippen LogP contribution >= 0.6 is 0 Å². The van der Waals surface area contributed by atoms with Gasteiger partial charge in [-0.05, 0) is 38.5 Å². The summed E-state index contributed by atoms with van der Waals surface area (Å²) in [5.41, 5.74) is 0. The van der Waals surface area contributed by atoms with Gasteiger partial charge >= 0.3 is 0 Å². The van der Waals surface area contributed by atoms with Gasteiger partial charge in [0.15, 0.2) is 0 Å². The summed E-state index contributed by atoms with van der Waals surface area (Å²) >= 11 is 0. The molecule has 0 aromatic rings. The van der Waals surface area contributed by atoms with E-state index in [0.29, 0.717) is 12.8 Å². The fraction of sp³-hybridized carbons (Fsp3) is 0.947. The standard InChI is InChI=1S/C57H113NO3/c1-3-5-7-9-11-13-15-17-19-21-23-25-27-29-31-33-35-37-39-41-43-45-47-49-51-53-57(61)58-55(54-59)56(60)52-50-48-46-44-42-40-38-36-34-32-30-28-26-24-22-20-18-16-14-12-10-8-6-4-2/h21,23,55-56,59-60H,3-20,22,24-54H2,1-2H3,(H,58,61)/b23-21-. The lowest BCUT2D eigenvalue weighted by atomic mass is 10.0. The Morgan fingerprint density at radius 3 is 0.902 bits per heavy atom. The van der Waals surface area contributed by atoms with Crippen molar-refractivity contribution in [3.8, 4) is 0 Å². The van der Waals surface area contributed by atoms with Crippen molar-refractivity contribution in [2.45, 2.75) is 341 Å². The average molecular weight is 861 g/mol. The Kier molecular flexibility index (Phi) is 52.7. The molecule has 1 amide bonds. The van der Waals surface area contributed by atoms with Crippen molar-refractivity contribution in [1.29, 1.82) is 0 Å². The second-order valence-corrected chi connectivity index (χ2v) is 19.7. The van der Waals surface area contributed by atoms with Gasteiger partial charge in [0.25, 0.3) is 0 Å². The number of hydrogen-bond donors (Lipinski definition) is 3. The molecule has 0 bridgehead atoms. The minimum atomic E-state index is -0.657. The Hall–Kier alpha value is -0.870. The average Bonchev–Trinajstić information content (AvgIpc) is 3.26. The number of hydrogen-bond acceptors (Lipinski definition) is 3. The van der Waals surface area contributed by atoms with Crippen molar-refractivity contribution in [1.82, 2.24) is 5.32 Å². The molecule has 0 aliphatic rings. The number of allylic oxidation sites excluding steroid dienone is 2. The zero-order chi connectivity index (χ0) is 44.2. The van der Waals surface area contributed by atoms with Crippen LogP contribution in [0, 0.1) is 0 Å². The summed E-state index contributed by atoms with van der Waals surface area (Å²) < 4.78 is 0. The van der Waals surface area contributed by atoms with Crippen LogP contribution in [0.2, 0.25) is 0 Å². The molecule has 0 heterocycles. The molecule has 364 valence electrons. The number of unbranched alkanes of at least 4 members (excludes halogenated alkanes) is 44. The third kappa shape index (κ3) is 50.0. The minimum Gasteiger partial charge on any atom is -0.394 e. The van der Waals surface area contributed by atoms with E-state index in [2.05, 4.69) is 31.3 Å². The molecule has 0 saturated carbocycles. The third-order valence-corrected chi connectivity index (χ3v) is 13.5. The SMILES string of the molecule is CCCCCCCCCC/C=C\CCCCCCCCCCCCCCCC(=O)NC(CO)C(O)CCCCCCCCCCCCCCCCCCCCCCCCCC. The predicted molar refractivity (Wildman–Crippen MR) is 272 cm³/mol. The molecule has 61 heavy (non-hydrogen) atoms. The van der Waals surface area contributed by atoms with Crippen molar-refractivity contribution in [3.63, 3.8) is 0 Å². The van der Waals surface area contributed by atoms with E-state index < -0.39 is 12.1 Å². The van der Waals surface area contributed by atoms with Crippen LogP contribution in [0.3, 0.4) is 0 Å². The molecular weight excluding hydrogens is 747 g/mol. The van der Waals surface area contributed by atoms with E-state index in [0.717, 1.165) is 25.7 Å². The molecular formula is C57H113NO3. The minimum absolute atomic E-state index is 0.0248. The number of rotatable bonds is 53. The zero-order valence-corrected chi connectivity index (χ0v) is 42.0. The van der Waals surface area contributed by atoms with E-state index in [1.165, 1.54) is 276 Å². The van der Waals surface area contributed by atoms with E-state index in [4.69, 9.17) is 0 Å². The summed E-state index contributed by atoms with van der Waals surface area (Å²) in [7, 11) is 0. The zero-order valence-electron chi connectivity index (χ0n) is 42.0. The molecule has 0 aliphatic heterocycles. The Balaban J connectivity index is 3.42. The second kappa shape index (κ2) is 53.5. The van der Waals surface area contributed by atoms with Crippen molar-refractivity contribution < 1.29 is 15.0 Å². The molecule has 4 nitrogen and oxygen atoms in total. The van der Waals surface area contributed by atoms with Crippen LogP contribution in [0.15, 0.2) is 12.2 Å². The van der Waals surface area contributed by atoms with Gasteiger partial charge in [-0.15, -0.1) is 0 Å². The van der Waals surface area contributed by atoms with Crippen molar-refractivity contribution in [2.24, 2.45) is 0 Å². The van der Waals surface area contributed by atoms with Crippen molar-refractivity contribution >= 4 is 5.91 Å². The maximum Gasteiger partial charge on any atom is 0.220 e. The lowest BCUT2D eigenvalue weighted by Crippen LogP contribution is -2.45. The number of nitrogens with one attached hydrogen (secondary N) is 1. The first-order valence-electron chi connectivity index (χ1n) is 28.4. The van der Waals surface area contributed by atoms with Gasteiger partial charge in [0.2, 0.25) is 5.91 Å². The lowest BCUT2D eigenvalue weighted by Gasteiger charge is -2.22. The quantitative estimate of drug-likeness (QED) is 0.0421. The summed E-state index contributed by atoms with van der Waals surface area (Å²) in [5, 5.41) is 23.4. The third-order valence-electron chi connectivity index (χ3n) is 13.5. The molecule has 0 spiro atoms. The largest absolute Gasteiger partial charge is 0.394 e. The molecule has 2 unspecified atom stereocenters. The molecule has 0 aromatic heterocycles. The molecule has 0 aromatic carbocycles. The molecule has 3 N–H and O–H groups in total. The summed E-state index contributed by atoms with van der Waals surface area (Å²) in [6.45, 7) is 4.40. The number of carbonyl (C=O) groups excluding carboxylic acids is 1. The fourth-order valence-corrected chi connectivity index (χ4v) is 9.18. The van der Waals surface area contributed by atoms with Crippen LogP contribution in [0.25, 0.3) is 0 Å². The van der Waals surface area contributed by atoms with Gasteiger partial charge in [-0.2, -0.15) is 0 Å². The van der Waals surface area contributed by atoms with Crippen LogP contribution < -0.4 is 5.32 Å². The molecule has 2 atom stereocenters. The first-order valence-corrected chi connectivity index (χ1v) is 28.4. The van der Waals surface area contributed by atoms with Gasteiger partial charge in [-0.25, -0.2) is 0 Å². The predicted octanol–water partition coefficient (Wildman–Crippen LogP) is 18.5. The Labute approximate surface area is 384 Å². The highest BCUT2D eigenvalue weighted by Gasteiger charge is 2.20. The number of amides is 1. The molecule has 0 fully saturated rings. The van der Waals surface area contributed by atoms with Crippen molar-refractivity contribution in [2.75, 3.05) is 6.61 Å². The van der Waals surface area contributed by atoms with E-state index >= 15 is 0 Å². The Morgan fingerprint density at radius 1 is 0.377 bits per heavy atom. The van der Waals surface area contributed by atoms with E-state index in [1.807, 2.05) is 0 Å². The van der Waals surface area contributed by atoms with E-state index in [9.17, 15) is 15.0 Å².